The zero-order valence-electron chi connectivity index (χ0n) is 11.4. The normalized spacial score (nSPS) is 31.6. The quantitative estimate of drug-likeness (QED) is 0.570. The Morgan fingerprint density at radius 3 is 2.67 bits per heavy atom. The molecule has 0 aromatic rings. The molecule has 18 heavy (non-hydrogen) atoms. The van der Waals surface area contributed by atoms with Crippen molar-refractivity contribution in [3.63, 3.8) is 0 Å². The molecule has 0 radical (unpaired) electrons. The van der Waals surface area contributed by atoms with Crippen molar-refractivity contribution in [2.45, 2.75) is 40.2 Å². The van der Waals surface area contributed by atoms with Crippen LogP contribution in [0.15, 0.2) is 11.6 Å². The fourth-order valence-corrected chi connectivity index (χ4v) is 2.56. The largest absolute Gasteiger partial charge is 0.463 e. The lowest BCUT2D eigenvalue weighted by molar-refractivity contribution is -0.150. The number of allylic oxidation sites excluding steroid dienone is 1. The van der Waals surface area contributed by atoms with Crippen LogP contribution in [0.2, 0.25) is 0 Å². The minimum Gasteiger partial charge on any atom is -0.463 e. The number of carbonyl (C=O) groups excluding carboxylic acids is 2. The second kappa shape index (κ2) is 4.41. The van der Waals surface area contributed by atoms with Crippen LogP contribution in [0.5, 0.6) is 0 Å². The summed E-state index contributed by atoms with van der Waals surface area (Å²) in [5.41, 5.74) is 0.579. The van der Waals surface area contributed by atoms with E-state index in [1.165, 1.54) is 0 Å². The molecular weight excluding hydrogens is 232 g/mol. The molecule has 1 aliphatic carbocycles. The average molecular weight is 252 g/mol. The standard InChI is InChI=1S/C14H20O4/c1-8(2)18-13(16)11-10(14(11,3)4)7-9-5-6-17-12(9)15/h7-8,10-11H,5-6H2,1-4H3/t10-,11+/m1/s1. The van der Waals surface area contributed by atoms with Gasteiger partial charge in [-0.25, -0.2) is 4.79 Å². The Labute approximate surface area is 107 Å². The van der Waals surface area contributed by atoms with Crippen LogP contribution in [0.4, 0.5) is 0 Å². The van der Waals surface area contributed by atoms with Crippen LogP contribution in [0.1, 0.15) is 34.1 Å². The molecule has 1 aliphatic heterocycles. The van der Waals surface area contributed by atoms with E-state index in [4.69, 9.17) is 9.47 Å². The SMILES string of the molecule is CC(C)OC(=O)[C@@H]1[C@@H](C=C2CCOC2=O)C1(C)C. The number of hydrogen-bond acceptors (Lipinski definition) is 4. The maximum absolute atomic E-state index is 11.9. The van der Waals surface area contributed by atoms with Gasteiger partial charge in [-0.15, -0.1) is 0 Å². The molecular formula is C14H20O4. The van der Waals surface area contributed by atoms with Gasteiger partial charge >= 0.3 is 11.9 Å². The van der Waals surface area contributed by atoms with E-state index in [2.05, 4.69) is 0 Å². The summed E-state index contributed by atoms with van der Waals surface area (Å²) in [6.45, 7) is 8.20. The molecule has 1 saturated carbocycles. The Morgan fingerprint density at radius 2 is 2.17 bits per heavy atom. The summed E-state index contributed by atoms with van der Waals surface area (Å²) in [6.07, 6.45) is 2.46. The summed E-state index contributed by atoms with van der Waals surface area (Å²) in [6, 6.07) is 0. The number of hydrogen-bond donors (Lipinski definition) is 0. The van der Waals surface area contributed by atoms with Crippen molar-refractivity contribution in [1.29, 1.82) is 0 Å². The minimum atomic E-state index is -0.242. The summed E-state index contributed by atoms with van der Waals surface area (Å²) >= 11 is 0. The zero-order valence-corrected chi connectivity index (χ0v) is 11.4. The van der Waals surface area contributed by atoms with Gasteiger partial charge in [-0.1, -0.05) is 19.9 Å². The smallest absolute Gasteiger partial charge is 0.333 e. The van der Waals surface area contributed by atoms with Gasteiger partial charge in [0.05, 0.1) is 18.6 Å². The first-order valence-electron chi connectivity index (χ1n) is 6.42. The fraction of sp³-hybridized carbons (Fsp3) is 0.714. The van der Waals surface area contributed by atoms with Crippen molar-refractivity contribution in [2.24, 2.45) is 17.3 Å². The first kappa shape index (κ1) is 13.1. The van der Waals surface area contributed by atoms with Crippen LogP contribution < -0.4 is 0 Å². The number of cyclic esters (lactones) is 1. The van der Waals surface area contributed by atoms with Gasteiger partial charge < -0.3 is 9.47 Å². The molecule has 0 N–H and O–H groups in total. The van der Waals surface area contributed by atoms with E-state index >= 15 is 0 Å². The molecule has 2 atom stereocenters. The maximum atomic E-state index is 11.9. The molecule has 4 nitrogen and oxygen atoms in total. The summed E-state index contributed by atoms with van der Waals surface area (Å²) < 4.78 is 10.1. The van der Waals surface area contributed by atoms with Crippen LogP contribution in [-0.2, 0) is 19.1 Å². The number of rotatable bonds is 3. The molecule has 0 spiro atoms. The Bertz CT molecular complexity index is 406. The van der Waals surface area contributed by atoms with Gasteiger partial charge in [-0.2, -0.15) is 0 Å². The molecule has 0 unspecified atom stereocenters. The summed E-state index contributed by atoms with van der Waals surface area (Å²) in [5, 5.41) is 0. The highest BCUT2D eigenvalue weighted by molar-refractivity contribution is 5.90. The van der Waals surface area contributed by atoms with Gasteiger partial charge in [0.2, 0.25) is 0 Å². The van der Waals surface area contributed by atoms with E-state index in [-0.39, 0.29) is 35.3 Å². The molecule has 1 saturated heterocycles. The molecule has 0 amide bonds. The number of esters is 2. The van der Waals surface area contributed by atoms with Crippen molar-refractivity contribution in [2.75, 3.05) is 6.61 Å². The van der Waals surface area contributed by atoms with Crippen molar-refractivity contribution in [3.05, 3.63) is 11.6 Å². The van der Waals surface area contributed by atoms with Gasteiger partial charge in [-0.05, 0) is 25.2 Å². The average Bonchev–Trinajstić information content (AvgIpc) is 2.56. The summed E-state index contributed by atoms with van der Waals surface area (Å²) in [7, 11) is 0. The first-order chi connectivity index (χ1) is 8.34. The van der Waals surface area contributed by atoms with E-state index in [1.54, 1.807) is 0 Å². The highest BCUT2D eigenvalue weighted by Gasteiger charge is 2.61. The number of carbonyl (C=O) groups is 2. The lowest BCUT2D eigenvalue weighted by Gasteiger charge is -2.08. The highest BCUT2D eigenvalue weighted by Crippen LogP contribution is 2.60. The lowest BCUT2D eigenvalue weighted by Crippen LogP contribution is -2.15. The molecule has 1 heterocycles. The van der Waals surface area contributed by atoms with Crippen molar-refractivity contribution < 1.29 is 19.1 Å². The summed E-state index contributed by atoms with van der Waals surface area (Å²) in [4.78, 5) is 23.3. The lowest BCUT2D eigenvalue weighted by atomic mass is 10.1. The third-order valence-electron chi connectivity index (χ3n) is 3.76. The Morgan fingerprint density at radius 1 is 1.50 bits per heavy atom. The van der Waals surface area contributed by atoms with Crippen molar-refractivity contribution in [3.8, 4) is 0 Å². The van der Waals surface area contributed by atoms with E-state index in [1.807, 2.05) is 33.8 Å². The molecule has 0 aromatic carbocycles. The van der Waals surface area contributed by atoms with E-state index < -0.39 is 0 Å². The van der Waals surface area contributed by atoms with Crippen molar-refractivity contribution >= 4 is 11.9 Å². The monoisotopic (exact) mass is 252 g/mol. The third kappa shape index (κ3) is 2.28. The Hall–Kier alpha value is -1.32. The van der Waals surface area contributed by atoms with E-state index in [9.17, 15) is 9.59 Å². The maximum Gasteiger partial charge on any atom is 0.333 e. The Balaban J connectivity index is 2.07. The Kier molecular flexibility index (Phi) is 3.21. The van der Waals surface area contributed by atoms with Crippen molar-refractivity contribution in [1.82, 2.24) is 0 Å². The second-order valence-corrected chi connectivity index (χ2v) is 5.89. The topological polar surface area (TPSA) is 52.6 Å². The molecule has 0 aromatic heterocycles. The van der Waals surface area contributed by atoms with Gasteiger partial charge in [0.25, 0.3) is 0 Å². The van der Waals surface area contributed by atoms with Crippen LogP contribution in [0.25, 0.3) is 0 Å². The second-order valence-electron chi connectivity index (χ2n) is 5.89. The molecule has 2 rings (SSSR count). The molecule has 4 heteroatoms. The third-order valence-corrected chi connectivity index (χ3v) is 3.76. The zero-order chi connectivity index (χ0) is 13.5. The van der Waals surface area contributed by atoms with Crippen LogP contribution in [-0.4, -0.2) is 24.6 Å². The molecule has 2 aliphatic rings. The van der Waals surface area contributed by atoms with E-state index in [0.29, 0.717) is 18.6 Å². The molecule has 2 fully saturated rings. The van der Waals surface area contributed by atoms with Gasteiger partial charge in [0.15, 0.2) is 0 Å². The van der Waals surface area contributed by atoms with Gasteiger partial charge in [-0.3, -0.25) is 4.79 Å². The fourth-order valence-electron chi connectivity index (χ4n) is 2.56. The van der Waals surface area contributed by atoms with Crippen LogP contribution >= 0.6 is 0 Å². The predicted octanol–water partition coefficient (Wildman–Crippen LogP) is 2.08. The van der Waals surface area contributed by atoms with Crippen LogP contribution in [0.3, 0.4) is 0 Å². The molecule has 100 valence electrons. The predicted molar refractivity (Wildman–Crippen MR) is 65.6 cm³/mol. The summed E-state index contributed by atoms with van der Waals surface area (Å²) in [5.74, 6) is -0.456. The van der Waals surface area contributed by atoms with Gasteiger partial charge in [0.1, 0.15) is 0 Å². The van der Waals surface area contributed by atoms with Crippen LogP contribution in [0, 0.1) is 17.3 Å². The molecule has 0 bridgehead atoms. The minimum absolute atomic E-state index is 0.0874. The van der Waals surface area contributed by atoms with Gasteiger partial charge in [0, 0.05) is 12.0 Å². The first-order valence-corrected chi connectivity index (χ1v) is 6.42. The highest BCUT2D eigenvalue weighted by atomic mass is 16.5. The number of ether oxygens (including phenoxy) is 2. The van der Waals surface area contributed by atoms with E-state index in [0.717, 1.165) is 0 Å².